The molecule has 0 aliphatic rings. The molecule has 0 saturated carbocycles. The lowest BCUT2D eigenvalue weighted by atomic mass is 9.99. The normalized spacial score (nSPS) is 14.1. The molecule has 67 heavy (non-hydrogen) atoms. The second-order valence-electron chi connectivity index (χ2n) is 16.9. The topological polar surface area (TPSA) is 430 Å². The standard InChI is InChI=1S/C43H74N14O10/c1-24(2)22-31(55-40(65)32(23-26-12-6-5-7-13-26)56-37(62)30(17-18-33(58)59)52-35(60)27(45)14-8-9-19-44)39(64)54-28(15-10-20-50-42(46)47)36(61)53-29(16-11-21-51-43(48)49)38(63)57-34(25(3)4)41(66)67/h5-7,12-13,24-25,27-32,34H,8-11,14-23,44-45H2,1-4H3,(H,52,60)(H,53,61)(H,54,64)(H,55,65)(H,56,62)(H,57,63)(H,58,59)(H,66,67)(H4,46,47,50)(H4,48,49,51)/t27-,28-,29-,30-,31-,32-,34-/m0/s1. The van der Waals surface area contributed by atoms with Crippen LogP contribution in [0.2, 0.25) is 0 Å². The molecule has 1 aromatic rings. The Kier molecular flexibility index (Phi) is 27.4. The maximum absolute atomic E-state index is 14.3. The van der Waals surface area contributed by atoms with E-state index in [1.807, 2.05) is 0 Å². The van der Waals surface area contributed by atoms with E-state index >= 15 is 0 Å². The number of aliphatic carboxylic acids is 2. The molecule has 6 amide bonds. The lowest BCUT2D eigenvalue weighted by Gasteiger charge is -2.28. The fourth-order valence-electron chi connectivity index (χ4n) is 6.62. The molecular weight excluding hydrogens is 873 g/mol. The molecule has 24 nitrogen and oxygen atoms in total. The van der Waals surface area contributed by atoms with E-state index in [1.165, 1.54) is 0 Å². The summed E-state index contributed by atoms with van der Waals surface area (Å²) in [5, 5.41) is 34.8. The Morgan fingerprint density at radius 1 is 0.567 bits per heavy atom. The molecule has 0 saturated heterocycles. The third-order valence-electron chi connectivity index (χ3n) is 10.2. The average Bonchev–Trinajstić information content (AvgIpc) is 3.25. The van der Waals surface area contributed by atoms with Gasteiger partial charge in [0.2, 0.25) is 35.4 Å². The number of carbonyl (C=O) groups excluding carboxylic acids is 6. The molecule has 0 bridgehead atoms. The van der Waals surface area contributed by atoms with E-state index in [9.17, 15) is 48.6 Å². The van der Waals surface area contributed by atoms with Gasteiger partial charge in [0.25, 0.3) is 0 Å². The number of unbranched alkanes of at least 4 members (excludes halogenated alkanes) is 1. The smallest absolute Gasteiger partial charge is 0.326 e. The number of rotatable bonds is 33. The predicted octanol–water partition coefficient (Wildman–Crippen LogP) is -2.65. The minimum Gasteiger partial charge on any atom is -0.481 e. The van der Waals surface area contributed by atoms with Gasteiger partial charge in [-0.05, 0) is 75.3 Å². The highest BCUT2D eigenvalue weighted by Crippen LogP contribution is 2.12. The molecule has 1 rings (SSSR count). The zero-order valence-corrected chi connectivity index (χ0v) is 39.0. The SMILES string of the molecule is CC(C)C[C@H](NC(=O)[C@H](Cc1ccccc1)NC(=O)[C@H](CCC(=O)O)NC(=O)[C@@H](N)CCCCN)C(=O)N[C@@H](CCCN=C(N)N)C(=O)N[C@@H](CCCN=C(N)N)C(=O)N[C@H](C(=O)O)C(C)C. The van der Waals surface area contributed by atoms with Crippen molar-refractivity contribution in [2.75, 3.05) is 19.6 Å². The summed E-state index contributed by atoms with van der Waals surface area (Å²) >= 11 is 0. The molecule has 376 valence electrons. The largest absolute Gasteiger partial charge is 0.481 e. The fraction of sp³-hybridized carbons (Fsp3) is 0.628. The van der Waals surface area contributed by atoms with Crippen molar-refractivity contribution in [1.82, 2.24) is 31.9 Å². The van der Waals surface area contributed by atoms with Crippen molar-refractivity contribution >= 4 is 59.3 Å². The molecule has 7 atom stereocenters. The first-order valence-electron chi connectivity index (χ1n) is 22.4. The summed E-state index contributed by atoms with van der Waals surface area (Å²) in [5.74, 6) is -8.49. The molecule has 0 fully saturated rings. The summed E-state index contributed by atoms with van der Waals surface area (Å²) in [7, 11) is 0. The number of nitrogens with two attached hydrogens (primary N) is 6. The van der Waals surface area contributed by atoms with Gasteiger partial charge < -0.3 is 76.5 Å². The Balaban J connectivity index is 3.57. The van der Waals surface area contributed by atoms with Gasteiger partial charge in [-0.2, -0.15) is 0 Å². The number of carboxylic acid groups (broad SMARTS) is 2. The number of guanidine groups is 2. The molecular formula is C43H74N14O10. The lowest BCUT2D eigenvalue weighted by molar-refractivity contribution is -0.143. The molecule has 24 heteroatoms. The number of carboxylic acids is 2. The van der Waals surface area contributed by atoms with Gasteiger partial charge in [0, 0.05) is 25.9 Å². The van der Waals surface area contributed by atoms with Crippen LogP contribution in [0.4, 0.5) is 0 Å². The van der Waals surface area contributed by atoms with Crippen molar-refractivity contribution < 1.29 is 48.6 Å². The summed E-state index contributed by atoms with van der Waals surface area (Å²) in [6.07, 6.45) is 0.801. The number of hydrogen-bond acceptors (Lipinski definition) is 12. The van der Waals surface area contributed by atoms with Gasteiger partial charge in [-0.15, -0.1) is 0 Å². The summed E-state index contributed by atoms with van der Waals surface area (Å²) in [6, 6.07) is -0.426. The van der Waals surface area contributed by atoms with Crippen LogP contribution in [0.3, 0.4) is 0 Å². The summed E-state index contributed by atoms with van der Waals surface area (Å²) < 4.78 is 0. The maximum atomic E-state index is 14.3. The first kappa shape index (κ1) is 58.5. The molecule has 0 radical (unpaired) electrons. The van der Waals surface area contributed by atoms with Crippen LogP contribution in [0.25, 0.3) is 0 Å². The number of hydrogen-bond donors (Lipinski definition) is 14. The van der Waals surface area contributed by atoms with Crippen LogP contribution in [-0.4, -0.2) is 131 Å². The van der Waals surface area contributed by atoms with E-state index in [0.717, 1.165) is 0 Å². The van der Waals surface area contributed by atoms with Crippen LogP contribution in [-0.2, 0) is 44.8 Å². The van der Waals surface area contributed by atoms with Crippen molar-refractivity contribution in [3.63, 3.8) is 0 Å². The highest BCUT2D eigenvalue weighted by molar-refractivity contribution is 5.97. The Bertz CT molecular complexity index is 1820. The van der Waals surface area contributed by atoms with Crippen LogP contribution in [0, 0.1) is 11.8 Å². The molecule has 0 heterocycles. The molecule has 0 aliphatic carbocycles. The Labute approximate surface area is 391 Å². The number of carbonyl (C=O) groups is 8. The maximum Gasteiger partial charge on any atom is 0.326 e. The molecule has 0 aromatic heterocycles. The number of amides is 6. The van der Waals surface area contributed by atoms with Crippen LogP contribution in [0.1, 0.15) is 97.5 Å². The van der Waals surface area contributed by atoms with Crippen molar-refractivity contribution in [3.05, 3.63) is 35.9 Å². The predicted molar refractivity (Wildman–Crippen MR) is 251 cm³/mol. The van der Waals surface area contributed by atoms with Crippen LogP contribution < -0.4 is 66.3 Å². The zero-order valence-electron chi connectivity index (χ0n) is 39.0. The number of benzene rings is 1. The summed E-state index contributed by atoms with van der Waals surface area (Å²) in [5.41, 5.74) is 34.1. The third-order valence-corrected chi connectivity index (χ3v) is 10.2. The lowest BCUT2D eigenvalue weighted by Crippen LogP contribution is -2.60. The highest BCUT2D eigenvalue weighted by Gasteiger charge is 2.34. The fourth-order valence-corrected chi connectivity index (χ4v) is 6.62. The van der Waals surface area contributed by atoms with Gasteiger partial charge in [0.05, 0.1) is 6.04 Å². The van der Waals surface area contributed by atoms with E-state index in [0.29, 0.717) is 24.9 Å². The van der Waals surface area contributed by atoms with Crippen LogP contribution >= 0.6 is 0 Å². The Morgan fingerprint density at radius 2 is 1.01 bits per heavy atom. The van der Waals surface area contributed by atoms with Gasteiger partial charge in [0.15, 0.2) is 11.9 Å². The van der Waals surface area contributed by atoms with Gasteiger partial charge in [-0.25, -0.2) is 4.79 Å². The number of nitrogens with one attached hydrogen (secondary N) is 6. The first-order valence-corrected chi connectivity index (χ1v) is 22.4. The van der Waals surface area contributed by atoms with Gasteiger partial charge >= 0.3 is 11.9 Å². The van der Waals surface area contributed by atoms with E-state index in [1.54, 1.807) is 58.0 Å². The van der Waals surface area contributed by atoms with Gasteiger partial charge in [0.1, 0.15) is 36.3 Å². The van der Waals surface area contributed by atoms with Crippen LogP contribution in [0.15, 0.2) is 40.3 Å². The quantitative estimate of drug-likeness (QED) is 0.0194. The Hall–Kier alpha value is -6.56. The van der Waals surface area contributed by atoms with E-state index < -0.39 is 102 Å². The zero-order chi connectivity index (χ0) is 50.6. The van der Waals surface area contributed by atoms with Crippen molar-refractivity contribution in [3.8, 4) is 0 Å². The second-order valence-corrected chi connectivity index (χ2v) is 16.9. The number of nitrogens with zero attached hydrogens (tertiary/aromatic N) is 2. The van der Waals surface area contributed by atoms with E-state index in [-0.39, 0.29) is 82.3 Å². The third kappa shape index (κ3) is 24.5. The Morgan fingerprint density at radius 3 is 1.48 bits per heavy atom. The van der Waals surface area contributed by atoms with Gasteiger partial charge in [-0.3, -0.25) is 43.5 Å². The number of aliphatic imine (C=N–C) groups is 2. The van der Waals surface area contributed by atoms with E-state index in [4.69, 9.17) is 34.4 Å². The molecule has 0 aliphatic heterocycles. The molecule has 1 aromatic carbocycles. The van der Waals surface area contributed by atoms with Crippen molar-refractivity contribution in [2.24, 2.45) is 56.2 Å². The van der Waals surface area contributed by atoms with E-state index in [2.05, 4.69) is 41.9 Å². The van der Waals surface area contributed by atoms with Gasteiger partial charge in [-0.1, -0.05) is 64.4 Å². The monoisotopic (exact) mass is 947 g/mol. The van der Waals surface area contributed by atoms with Crippen molar-refractivity contribution in [2.45, 2.75) is 141 Å². The molecule has 0 unspecified atom stereocenters. The minimum atomic E-state index is -1.40. The summed E-state index contributed by atoms with van der Waals surface area (Å²) in [6.45, 7) is 7.30. The van der Waals surface area contributed by atoms with Crippen molar-refractivity contribution in [1.29, 1.82) is 0 Å². The van der Waals surface area contributed by atoms with Crippen LogP contribution in [0.5, 0.6) is 0 Å². The molecule has 0 spiro atoms. The first-order chi connectivity index (χ1) is 31.5. The molecule has 20 N–H and O–H groups in total. The minimum absolute atomic E-state index is 0.0313. The summed E-state index contributed by atoms with van der Waals surface area (Å²) in [4.78, 5) is 114. The highest BCUT2D eigenvalue weighted by atomic mass is 16.4. The second kappa shape index (κ2) is 31.4. The average molecular weight is 947 g/mol.